The number of nitrogens with zero attached hydrogens (tertiary/aromatic N) is 1. The second kappa shape index (κ2) is 6.43. The fraction of sp³-hybridized carbons (Fsp3) is 0.857. The first-order valence-corrected chi connectivity index (χ1v) is 7.36. The summed E-state index contributed by atoms with van der Waals surface area (Å²) in [5, 5.41) is 12.2. The molecule has 1 heterocycles. The Kier molecular flexibility index (Phi) is 4.86. The van der Waals surface area contributed by atoms with Gasteiger partial charge in [-0.05, 0) is 25.7 Å². The molecule has 114 valence electrons. The average molecular weight is 284 g/mol. The molecule has 2 fully saturated rings. The quantitative estimate of drug-likeness (QED) is 0.819. The maximum atomic E-state index is 12.1. The summed E-state index contributed by atoms with van der Waals surface area (Å²) in [6.45, 7) is 1.53. The van der Waals surface area contributed by atoms with Gasteiger partial charge in [0, 0.05) is 26.7 Å². The van der Waals surface area contributed by atoms with E-state index in [1.54, 1.807) is 12.0 Å². The molecule has 0 bridgehead atoms. The highest BCUT2D eigenvalue weighted by atomic mass is 16.5. The van der Waals surface area contributed by atoms with Crippen LogP contribution in [0.5, 0.6) is 0 Å². The standard InChI is InChI=1S/C14H24N2O4/c1-20-11-5-4-8-16(9-11)13(19)15-10-14(12(17)18)6-2-3-7-14/h11H,2-10H2,1H3,(H,15,19)(H,17,18). The maximum absolute atomic E-state index is 12.1. The number of carbonyl (C=O) groups excluding carboxylic acids is 1. The number of carboxylic acid groups (broad SMARTS) is 1. The molecule has 1 saturated heterocycles. The molecule has 2 rings (SSSR count). The number of amides is 2. The van der Waals surface area contributed by atoms with E-state index in [2.05, 4.69) is 5.32 Å². The third-order valence-electron chi connectivity index (χ3n) is 4.59. The van der Waals surface area contributed by atoms with E-state index in [0.717, 1.165) is 25.7 Å². The molecule has 0 aromatic rings. The van der Waals surface area contributed by atoms with Crippen molar-refractivity contribution < 1.29 is 19.4 Å². The van der Waals surface area contributed by atoms with Crippen molar-refractivity contribution in [3.05, 3.63) is 0 Å². The summed E-state index contributed by atoms with van der Waals surface area (Å²) in [6, 6.07) is -0.167. The second-order valence-corrected chi connectivity index (χ2v) is 5.90. The molecule has 0 aromatic heterocycles. The SMILES string of the molecule is COC1CCCN(C(=O)NCC2(C(=O)O)CCCC2)C1. The van der Waals surface area contributed by atoms with Crippen molar-refractivity contribution in [3.63, 3.8) is 0 Å². The minimum Gasteiger partial charge on any atom is -0.481 e. The number of ether oxygens (including phenoxy) is 1. The fourth-order valence-corrected chi connectivity index (χ4v) is 3.19. The smallest absolute Gasteiger partial charge is 0.317 e. The van der Waals surface area contributed by atoms with Crippen molar-refractivity contribution in [2.75, 3.05) is 26.7 Å². The van der Waals surface area contributed by atoms with E-state index in [-0.39, 0.29) is 18.7 Å². The third-order valence-corrected chi connectivity index (χ3v) is 4.59. The predicted molar refractivity (Wildman–Crippen MR) is 73.5 cm³/mol. The van der Waals surface area contributed by atoms with Crippen molar-refractivity contribution in [1.29, 1.82) is 0 Å². The Morgan fingerprint density at radius 1 is 1.35 bits per heavy atom. The molecular weight excluding hydrogens is 260 g/mol. The van der Waals surface area contributed by atoms with E-state index in [9.17, 15) is 14.7 Å². The van der Waals surface area contributed by atoms with Crippen LogP contribution in [0, 0.1) is 5.41 Å². The summed E-state index contributed by atoms with van der Waals surface area (Å²) < 4.78 is 5.29. The van der Waals surface area contributed by atoms with Gasteiger partial charge in [-0.3, -0.25) is 4.79 Å². The number of carbonyl (C=O) groups is 2. The minimum atomic E-state index is -0.788. The number of rotatable bonds is 4. The molecule has 0 radical (unpaired) electrons. The van der Waals surface area contributed by atoms with Crippen molar-refractivity contribution in [1.82, 2.24) is 10.2 Å². The molecule has 20 heavy (non-hydrogen) atoms. The van der Waals surface area contributed by atoms with Gasteiger partial charge in [0.25, 0.3) is 0 Å². The van der Waals surface area contributed by atoms with Crippen LogP contribution in [0.1, 0.15) is 38.5 Å². The van der Waals surface area contributed by atoms with Crippen LogP contribution in [0.15, 0.2) is 0 Å². The van der Waals surface area contributed by atoms with Crippen LogP contribution in [-0.2, 0) is 9.53 Å². The van der Waals surface area contributed by atoms with E-state index in [1.165, 1.54) is 0 Å². The predicted octanol–water partition coefficient (Wildman–Crippen LogP) is 1.45. The molecule has 2 N–H and O–H groups in total. The van der Waals surface area contributed by atoms with E-state index in [4.69, 9.17) is 4.74 Å². The first-order valence-electron chi connectivity index (χ1n) is 7.36. The fourth-order valence-electron chi connectivity index (χ4n) is 3.19. The van der Waals surface area contributed by atoms with Crippen LogP contribution in [0.4, 0.5) is 4.79 Å². The Morgan fingerprint density at radius 2 is 2.05 bits per heavy atom. The lowest BCUT2D eigenvalue weighted by Crippen LogP contribution is -2.50. The topological polar surface area (TPSA) is 78.9 Å². The molecule has 0 spiro atoms. The molecule has 1 aliphatic heterocycles. The molecule has 2 amide bonds. The van der Waals surface area contributed by atoms with Gasteiger partial charge in [-0.1, -0.05) is 12.8 Å². The lowest BCUT2D eigenvalue weighted by atomic mass is 9.86. The number of likely N-dealkylation sites (tertiary alicyclic amines) is 1. The number of urea groups is 1. The van der Waals surface area contributed by atoms with Gasteiger partial charge in [0.05, 0.1) is 11.5 Å². The van der Waals surface area contributed by atoms with Crippen LogP contribution in [0.25, 0.3) is 0 Å². The highest BCUT2D eigenvalue weighted by molar-refractivity contribution is 5.78. The van der Waals surface area contributed by atoms with Crippen LogP contribution in [-0.4, -0.2) is 54.9 Å². The average Bonchev–Trinajstić information content (AvgIpc) is 2.95. The van der Waals surface area contributed by atoms with E-state index < -0.39 is 11.4 Å². The van der Waals surface area contributed by atoms with Crippen molar-refractivity contribution >= 4 is 12.0 Å². The molecule has 1 atom stereocenters. The van der Waals surface area contributed by atoms with Gasteiger partial charge in [0.15, 0.2) is 0 Å². The zero-order chi connectivity index (χ0) is 14.6. The van der Waals surface area contributed by atoms with Crippen LogP contribution in [0.2, 0.25) is 0 Å². The van der Waals surface area contributed by atoms with Gasteiger partial charge in [0.1, 0.15) is 0 Å². The Labute approximate surface area is 119 Å². The van der Waals surface area contributed by atoms with Gasteiger partial charge in [-0.25, -0.2) is 4.79 Å². The van der Waals surface area contributed by atoms with Crippen molar-refractivity contribution in [2.24, 2.45) is 5.41 Å². The normalized spacial score (nSPS) is 25.4. The number of aliphatic carboxylic acids is 1. The van der Waals surface area contributed by atoms with E-state index in [1.807, 2.05) is 0 Å². The molecule has 6 heteroatoms. The number of nitrogens with one attached hydrogen (secondary N) is 1. The molecule has 1 saturated carbocycles. The van der Waals surface area contributed by atoms with Crippen LogP contribution < -0.4 is 5.32 Å². The zero-order valence-corrected chi connectivity index (χ0v) is 12.1. The first kappa shape index (κ1) is 15.1. The van der Waals surface area contributed by atoms with E-state index in [0.29, 0.717) is 25.9 Å². The number of hydrogen-bond donors (Lipinski definition) is 2. The number of piperidine rings is 1. The largest absolute Gasteiger partial charge is 0.481 e. The van der Waals surface area contributed by atoms with Crippen molar-refractivity contribution in [3.8, 4) is 0 Å². The van der Waals surface area contributed by atoms with Gasteiger partial charge in [-0.2, -0.15) is 0 Å². The number of hydrogen-bond acceptors (Lipinski definition) is 3. The summed E-state index contributed by atoms with van der Waals surface area (Å²) >= 11 is 0. The van der Waals surface area contributed by atoms with Gasteiger partial charge >= 0.3 is 12.0 Å². The van der Waals surface area contributed by atoms with Crippen LogP contribution >= 0.6 is 0 Å². The van der Waals surface area contributed by atoms with Gasteiger partial charge in [0.2, 0.25) is 0 Å². The maximum Gasteiger partial charge on any atom is 0.317 e. The summed E-state index contributed by atoms with van der Waals surface area (Å²) in [5.74, 6) is -0.788. The van der Waals surface area contributed by atoms with Gasteiger partial charge in [-0.15, -0.1) is 0 Å². The lowest BCUT2D eigenvalue weighted by molar-refractivity contribution is -0.148. The minimum absolute atomic E-state index is 0.0921. The van der Waals surface area contributed by atoms with Crippen molar-refractivity contribution in [2.45, 2.75) is 44.6 Å². The number of carboxylic acids is 1. The highest BCUT2D eigenvalue weighted by Gasteiger charge is 2.41. The molecule has 0 aromatic carbocycles. The summed E-state index contributed by atoms with van der Waals surface area (Å²) in [7, 11) is 1.66. The monoisotopic (exact) mass is 284 g/mol. The Balaban J connectivity index is 1.86. The number of methoxy groups -OCH3 is 1. The summed E-state index contributed by atoms with van der Waals surface area (Å²) in [4.78, 5) is 25.3. The van der Waals surface area contributed by atoms with E-state index >= 15 is 0 Å². The molecule has 1 unspecified atom stereocenters. The molecule has 2 aliphatic rings. The summed E-state index contributed by atoms with van der Waals surface area (Å²) in [5.41, 5.74) is -0.758. The molecular formula is C14H24N2O4. The Bertz CT molecular complexity index is 366. The molecule has 6 nitrogen and oxygen atoms in total. The highest BCUT2D eigenvalue weighted by Crippen LogP contribution is 2.37. The second-order valence-electron chi connectivity index (χ2n) is 5.90. The zero-order valence-electron chi connectivity index (χ0n) is 12.1. The Hall–Kier alpha value is -1.30. The van der Waals surface area contributed by atoms with Gasteiger partial charge < -0.3 is 20.1 Å². The molecule has 1 aliphatic carbocycles. The van der Waals surface area contributed by atoms with Crippen LogP contribution in [0.3, 0.4) is 0 Å². The Morgan fingerprint density at radius 3 is 2.65 bits per heavy atom. The summed E-state index contributed by atoms with van der Waals surface area (Å²) in [6.07, 6.45) is 5.16. The third kappa shape index (κ3) is 3.23. The first-order chi connectivity index (χ1) is 9.57. The lowest BCUT2D eigenvalue weighted by Gasteiger charge is -2.33.